The van der Waals surface area contributed by atoms with Gasteiger partial charge in [0, 0.05) is 19.2 Å². The van der Waals surface area contributed by atoms with Gasteiger partial charge in [-0.15, -0.1) is 0 Å². The van der Waals surface area contributed by atoms with Gasteiger partial charge in [0.15, 0.2) is 10.6 Å². The number of hydrogen-bond donors (Lipinski definition) is 2. The molecule has 1 aliphatic rings. The summed E-state index contributed by atoms with van der Waals surface area (Å²) in [6.45, 7) is 8.78. The van der Waals surface area contributed by atoms with Crippen LogP contribution in [0.1, 0.15) is 23.7 Å². The first-order chi connectivity index (χ1) is 14.3. The molecule has 1 heterocycles. The molecule has 0 aromatic heterocycles. The van der Waals surface area contributed by atoms with Crippen LogP contribution in [0.4, 0.5) is 5.69 Å². The minimum Gasteiger partial charge on any atom is -0.458 e. The maximum atomic E-state index is 12.5. The van der Waals surface area contributed by atoms with Crippen LogP contribution in [0.3, 0.4) is 0 Å². The third-order valence-corrected chi connectivity index (χ3v) is 5.04. The van der Waals surface area contributed by atoms with Crippen LogP contribution < -0.4 is 10.6 Å². The summed E-state index contributed by atoms with van der Waals surface area (Å²) >= 11 is 0.861. The summed E-state index contributed by atoms with van der Waals surface area (Å²) in [5.41, 5.74) is -0.0224. The molecule has 2 N–H and O–H groups in total. The highest BCUT2D eigenvalue weighted by molar-refractivity contribution is 8.14. The minimum absolute atomic E-state index is 0.0938. The average molecular weight is 432 g/mol. The van der Waals surface area contributed by atoms with Gasteiger partial charge in [0.2, 0.25) is 5.91 Å². The second-order valence-corrected chi connectivity index (χ2v) is 7.78. The number of carbonyl (C=O) groups excluding carboxylic acids is 4. The van der Waals surface area contributed by atoms with Crippen LogP contribution >= 0.6 is 11.8 Å². The largest absolute Gasteiger partial charge is 0.458 e. The molecule has 0 aliphatic carbocycles. The zero-order valence-corrected chi connectivity index (χ0v) is 17.4. The van der Waals surface area contributed by atoms with E-state index >= 15 is 0 Å². The van der Waals surface area contributed by atoms with Crippen LogP contribution in [0.15, 0.2) is 49.6 Å². The lowest BCUT2D eigenvalue weighted by molar-refractivity contribution is -0.147. The highest BCUT2D eigenvalue weighted by Gasteiger charge is 2.35. The van der Waals surface area contributed by atoms with E-state index in [4.69, 9.17) is 9.47 Å². The molecular weight excluding hydrogens is 408 g/mol. The third-order valence-electron chi connectivity index (χ3n) is 4.19. The van der Waals surface area contributed by atoms with E-state index in [9.17, 15) is 19.2 Å². The minimum atomic E-state index is -0.758. The van der Waals surface area contributed by atoms with Gasteiger partial charge in [-0.1, -0.05) is 25.3 Å². The molecule has 1 aromatic rings. The number of nitrogens with one attached hydrogen (secondary N) is 2. The number of anilines is 1. The lowest BCUT2D eigenvalue weighted by Gasteiger charge is -2.15. The van der Waals surface area contributed by atoms with Gasteiger partial charge in [0.1, 0.15) is 6.61 Å². The second kappa shape index (κ2) is 11.3. The molecule has 3 atom stereocenters. The van der Waals surface area contributed by atoms with Crippen LogP contribution in [0, 0.1) is 5.92 Å². The van der Waals surface area contributed by atoms with E-state index in [1.165, 1.54) is 25.1 Å². The monoisotopic (exact) mass is 432 g/mol. The van der Waals surface area contributed by atoms with Gasteiger partial charge in [0.05, 0.1) is 17.5 Å². The van der Waals surface area contributed by atoms with Crippen LogP contribution in [-0.4, -0.2) is 47.6 Å². The van der Waals surface area contributed by atoms with Gasteiger partial charge < -0.3 is 20.1 Å². The molecule has 1 fully saturated rings. The van der Waals surface area contributed by atoms with Crippen molar-refractivity contribution in [3.05, 3.63) is 55.1 Å². The van der Waals surface area contributed by atoms with Gasteiger partial charge in [0.25, 0.3) is 0 Å². The molecule has 1 saturated heterocycles. The highest BCUT2D eigenvalue weighted by atomic mass is 32.2. The smallest absolute Gasteiger partial charge is 0.338 e. The van der Waals surface area contributed by atoms with Gasteiger partial charge in [-0.05, 0) is 42.5 Å². The molecule has 9 heteroatoms. The molecule has 0 saturated carbocycles. The number of benzene rings is 1. The Morgan fingerprint density at radius 3 is 2.77 bits per heavy atom. The van der Waals surface area contributed by atoms with Crippen molar-refractivity contribution >= 4 is 40.4 Å². The van der Waals surface area contributed by atoms with Crippen molar-refractivity contribution in [3.63, 3.8) is 0 Å². The number of rotatable bonds is 9. The number of esters is 2. The number of hydrogen-bond acceptors (Lipinski definition) is 8. The summed E-state index contributed by atoms with van der Waals surface area (Å²) < 4.78 is 10.2. The zero-order valence-electron chi connectivity index (χ0n) is 16.6. The predicted molar refractivity (Wildman–Crippen MR) is 114 cm³/mol. The Bertz CT molecular complexity index is 841. The molecule has 1 unspecified atom stereocenters. The zero-order chi connectivity index (χ0) is 22.1. The molecule has 1 aromatic carbocycles. The Balaban J connectivity index is 1.91. The first-order valence-electron chi connectivity index (χ1n) is 9.26. The SMILES string of the molecule is C=CCOC(=O)c1cccc(NC(=O)[C@@H]2C[C@H](C(=O)OC(C=C)SC(C)=O)CN2)c1. The fraction of sp³-hybridized carbons (Fsp3) is 0.333. The standard InChI is InChI=1S/C21H24N2O6S/c1-4-9-28-20(26)14-7-6-8-16(10-14)23-19(25)17-11-15(12-22-17)21(27)29-18(5-2)30-13(3)24/h4-8,10,15,17-18,22H,1-2,9,11-12H2,3H3,(H,23,25)/t15-,17-,18?/m0/s1. The second-order valence-electron chi connectivity index (χ2n) is 6.50. The fourth-order valence-electron chi connectivity index (χ4n) is 2.78. The molecule has 2 rings (SSSR count). The topological polar surface area (TPSA) is 111 Å². The summed E-state index contributed by atoms with van der Waals surface area (Å²) in [5, 5.41) is 5.53. The molecule has 1 amide bonds. The van der Waals surface area contributed by atoms with Crippen molar-refractivity contribution in [3.8, 4) is 0 Å². The van der Waals surface area contributed by atoms with Crippen molar-refractivity contribution in [1.82, 2.24) is 5.32 Å². The third kappa shape index (κ3) is 6.85. The molecule has 0 spiro atoms. The van der Waals surface area contributed by atoms with E-state index in [0.717, 1.165) is 11.8 Å². The number of ether oxygens (including phenoxy) is 2. The Morgan fingerprint density at radius 1 is 1.33 bits per heavy atom. The van der Waals surface area contributed by atoms with Crippen molar-refractivity contribution in [2.24, 2.45) is 5.92 Å². The molecule has 0 bridgehead atoms. The average Bonchev–Trinajstić information content (AvgIpc) is 3.22. The molecule has 30 heavy (non-hydrogen) atoms. The number of amides is 1. The first kappa shape index (κ1) is 23.4. The summed E-state index contributed by atoms with van der Waals surface area (Å²) in [6.07, 6.45) is 3.09. The van der Waals surface area contributed by atoms with Gasteiger partial charge in [-0.2, -0.15) is 0 Å². The summed E-state index contributed by atoms with van der Waals surface area (Å²) in [5.74, 6) is -1.87. The van der Waals surface area contributed by atoms with Crippen LogP contribution in [0.5, 0.6) is 0 Å². The summed E-state index contributed by atoms with van der Waals surface area (Å²) in [4.78, 5) is 47.9. The van der Waals surface area contributed by atoms with Crippen molar-refractivity contribution in [1.29, 1.82) is 0 Å². The lowest BCUT2D eigenvalue weighted by Crippen LogP contribution is -2.35. The van der Waals surface area contributed by atoms with Crippen LogP contribution in [0.25, 0.3) is 0 Å². The van der Waals surface area contributed by atoms with Crippen LogP contribution in [-0.2, 0) is 23.9 Å². The van der Waals surface area contributed by atoms with Gasteiger partial charge >= 0.3 is 11.9 Å². The van der Waals surface area contributed by atoms with Crippen LogP contribution in [0.2, 0.25) is 0 Å². The maximum absolute atomic E-state index is 12.5. The maximum Gasteiger partial charge on any atom is 0.338 e. The summed E-state index contributed by atoms with van der Waals surface area (Å²) in [7, 11) is 0. The van der Waals surface area contributed by atoms with E-state index < -0.39 is 29.3 Å². The summed E-state index contributed by atoms with van der Waals surface area (Å²) in [6, 6.07) is 5.77. The number of thioether (sulfide) groups is 1. The fourth-order valence-corrected chi connectivity index (χ4v) is 3.35. The molecule has 0 radical (unpaired) electrons. The highest BCUT2D eigenvalue weighted by Crippen LogP contribution is 2.22. The molecule has 1 aliphatic heterocycles. The molecular formula is C21H24N2O6S. The first-order valence-corrected chi connectivity index (χ1v) is 10.1. The predicted octanol–water partition coefficient (Wildman–Crippen LogP) is 2.28. The van der Waals surface area contributed by atoms with Gasteiger partial charge in [-0.3, -0.25) is 14.4 Å². The van der Waals surface area contributed by atoms with E-state index in [0.29, 0.717) is 11.3 Å². The van der Waals surface area contributed by atoms with Crippen molar-refractivity contribution in [2.45, 2.75) is 24.8 Å². The Morgan fingerprint density at radius 2 is 2.10 bits per heavy atom. The Hall–Kier alpha value is -2.91. The van der Waals surface area contributed by atoms with Gasteiger partial charge in [-0.25, -0.2) is 4.79 Å². The quantitative estimate of drug-likeness (QED) is 0.347. The van der Waals surface area contributed by atoms with E-state index in [1.807, 2.05) is 0 Å². The van der Waals surface area contributed by atoms with Crippen molar-refractivity contribution < 1.29 is 28.7 Å². The van der Waals surface area contributed by atoms with E-state index in [2.05, 4.69) is 23.8 Å². The van der Waals surface area contributed by atoms with E-state index in [1.54, 1.807) is 18.2 Å². The van der Waals surface area contributed by atoms with E-state index in [-0.39, 0.29) is 30.6 Å². The van der Waals surface area contributed by atoms with Crippen molar-refractivity contribution in [2.75, 3.05) is 18.5 Å². The Labute approximate surface area is 179 Å². The molecule has 8 nitrogen and oxygen atoms in total. The molecule has 160 valence electrons. The normalized spacial score (nSPS) is 18.7. The lowest BCUT2D eigenvalue weighted by atomic mass is 10.1. The Kier molecular flexibility index (Phi) is 8.82. The number of carbonyl (C=O) groups is 4.